The minimum absolute atomic E-state index is 0.0183. The number of carbonyl (C=O) groups excluding carboxylic acids is 2. The first kappa shape index (κ1) is 23.5. The summed E-state index contributed by atoms with van der Waals surface area (Å²) in [5, 5.41) is 16.3. The summed E-state index contributed by atoms with van der Waals surface area (Å²) in [6, 6.07) is 16.3. The van der Waals surface area contributed by atoms with Gasteiger partial charge in [0.2, 0.25) is 0 Å². The number of amides is 2. The Morgan fingerprint density at radius 2 is 1.73 bits per heavy atom. The quantitative estimate of drug-likeness (QED) is 0.211. The van der Waals surface area contributed by atoms with E-state index >= 15 is 0 Å². The largest absolute Gasteiger partial charge is 0.457 e. The first-order valence-corrected chi connectivity index (χ1v) is 10.6. The fourth-order valence-electron chi connectivity index (χ4n) is 3.01. The van der Waals surface area contributed by atoms with Gasteiger partial charge in [-0.3, -0.25) is 19.7 Å². The monoisotopic (exact) mass is 447 g/mol. The fourth-order valence-corrected chi connectivity index (χ4v) is 3.01. The van der Waals surface area contributed by atoms with E-state index in [2.05, 4.69) is 10.6 Å². The molecule has 0 unspecified atom stereocenters. The first-order valence-electron chi connectivity index (χ1n) is 10.6. The molecule has 0 aliphatic rings. The highest BCUT2D eigenvalue weighted by Gasteiger charge is 2.16. The maximum absolute atomic E-state index is 12.7. The van der Waals surface area contributed by atoms with Gasteiger partial charge in [-0.1, -0.05) is 31.0 Å². The van der Waals surface area contributed by atoms with Crippen LogP contribution in [0.25, 0.3) is 17.4 Å². The summed E-state index contributed by atoms with van der Waals surface area (Å²) < 4.78 is 5.80. The van der Waals surface area contributed by atoms with Gasteiger partial charge >= 0.3 is 0 Å². The zero-order chi connectivity index (χ0) is 23.8. The minimum Gasteiger partial charge on any atom is -0.457 e. The van der Waals surface area contributed by atoms with Gasteiger partial charge in [-0.25, -0.2) is 0 Å². The lowest BCUT2D eigenvalue weighted by Gasteiger charge is -2.10. The molecule has 8 nitrogen and oxygen atoms in total. The molecular formula is C25H25N3O5. The molecule has 170 valence electrons. The molecule has 0 radical (unpaired) electrons. The Morgan fingerprint density at radius 3 is 2.36 bits per heavy atom. The molecule has 0 fully saturated rings. The van der Waals surface area contributed by atoms with Crippen molar-refractivity contribution in [1.82, 2.24) is 10.6 Å². The van der Waals surface area contributed by atoms with Crippen LogP contribution in [0.3, 0.4) is 0 Å². The molecule has 2 amide bonds. The zero-order valence-corrected chi connectivity index (χ0v) is 18.5. The van der Waals surface area contributed by atoms with Gasteiger partial charge < -0.3 is 15.1 Å². The van der Waals surface area contributed by atoms with Crippen molar-refractivity contribution in [3.05, 3.63) is 93.4 Å². The molecule has 33 heavy (non-hydrogen) atoms. The number of aryl methyl sites for hydroxylation is 1. The Morgan fingerprint density at radius 1 is 1.03 bits per heavy atom. The summed E-state index contributed by atoms with van der Waals surface area (Å²) in [7, 11) is 0. The van der Waals surface area contributed by atoms with Crippen LogP contribution in [0.2, 0.25) is 0 Å². The van der Waals surface area contributed by atoms with E-state index in [4.69, 9.17) is 4.42 Å². The molecule has 1 aromatic heterocycles. The predicted octanol–water partition coefficient (Wildman–Crippen LogP) is 4.85. The lowest BCUT2D eigenvalue weighted by Crippen LogP contribution is -2.35. The average molecular weight is 447 g/mol. The molecule has 0 atom stereocenters. The smallest absolute Gasteiger partial charge is 0.269 e. The predicted molar refractivity (Wildman–Crippen MR) is 125 cm³/mol. The number of nitro groups is 1. The standard InChI is InChI=1S/C25H25N3O5/c1-3-4-15-26-25(30)22(27-24(29)19-7-5-17(2)6-8-19)16-21-13-14-23(33-21)18-9-11-20(12-10-18)28(31)32/h5-14,16H,3-4,15H2,1-2H3,(H,26,30)(H,27,29)/b22-16+. The van der Waals surface area contributed by atoms with Crippen LogP contribution in [0.15, 0.2) is 70.8 Å². The number of carbonyl (C=O) groups is 2. The minimum atomic E-state index is -0.472. The van der Waals surface area contributed by atoms with Crippen molar-refractivity contribution in [2.75, 3.05) is 6.54 Å². The second kappa shape index (κ2) is 10.9. The van der Waals surface area contributed by atoms with Crippen molar-refractivity contribution in [3.8, 4) is 11.3 Å². The van der Waals surface area contributed by atoms with Crippen LogP contribution >= 0.6 is 0 Å². The highest BCUT2D eigenvalue weighted by Crippen LogP contribution is 2.25. The van der Waals surface area contributed by atoms with Crippen LogP contribution in [0.4, 0.5) is 5.69 Å². The van der Waals surface area contributed by atoms with Crippen LogP contribution in [-0.4, -0.2) is 23.3 Å². The molecule has 8 heteroatoms. The van der Waals surface area contributed by atoms with E-state index in [1.165, 1.54) is 18.2 Å². The maximum Gasteiger partial charge on any atom is 0.269 e. The van der Waals surface area contributed by atoms with Crippen molar-refractivity contribution in [2.24, 2.45) is 0 Å². The van der Waals surface area contributed by atoms with Gasteiger partial charge in [-0.05, 0) is 49.7 Å². The number of unbranched alkanes of at least 4 members (excludes halogenated alkanes) is 1. The van der Waals surface area contributed by atoms with Crippen LogP contribution in [0.1, 0.15) is 41.4 Å². The fraction of sp³-hybridized carbons (Fsp3) is 0.200. The van der Waals surface area contributed by atoms with Crippen molar-refractivity contribution < 1.29 is 18.9 Å². The van der Waals surface area contributed by atoms with E-state index < -0.39 is 16.7 Å². The highest BCUT2D eigenvalue weighted by atomic mass is 16.6. The number of non-ortho nitro benzene ring substituents is 1. The Bertz CT molecular complexity index is 1160. The van der Waals surface area contributed by atoms with E-state index in [9.17, 15) is 19.7 Å². The maximum atomic E-state index is 12.7. The number of nitro benzene ring substituents is 1. The second-order valence-electron chi connectivity index (χ2n) is 7.49. The number of nitrogens with zero attached hydrogens (tertiary/aromatic N) is 1. The summed E-state index contributed by atoms with van der Waals surface area (Å²) in [5.74, 6) is 0.00573. The van der Waals surface area contributed by atoms with Crippen LogP contribution in [-0.2, 0) is 4.79 Å². The topological polar surface area (TPSA) is 114 Å². The van der Waals surface area contributed by atoms with Crippen molar-refractivity contribution >= 4 is 23.6 Å². The zero-order valence-electron chi connectivity index (χ0n) is 18.5. The SMILES string of the molecule is CCCCNC(=O)/C(=C\c1ccc(-c2ccc([N+](=O)[O-])cc2)o1)NC(=O)c1ccc(C)cc1. The number of rotatable bonds is 9. The molecule has 0 saturated heterocycles. The molecule has 2 aromatic carbocycles. The molecule has 1 heterocycles. The number of benzene rings is 2. The molecule has 2 N–H and O–H groups in total. The Hall–Kier alpha value is -4.20. The number of hydrogen-bond acceptors (Lipinski definition) is 5. The van der Waals surface area contributed by atoms with Crippen molar-refractivity contribution in [3.63, 3.8) is 0 Å². The molecule has 0 aliphatic carbocycles. The summed E-state index contributed by atoms with van der Waals surface area (Å²) in [6.45, 7) is 4.43. The van der Waals surface area contributed by atoms with E-state index in [-0.39, 0.29) is 11.4 Å². The van der Waals surface area contributed by atoms with Crippen LogP contribution < -0.4 is 10.6 Å². The molecule has 0 spiro atoms. The van der Waals surface area contributed by atoms with Gasteiger partial charge in [0.25, 0.3) is 17.5 Å². The Labute approximate surface area is 191 Å². The number of hydrogen-bond donors (Lipinski definition) is 2. The van der Waals surface area contributed by atoms with Gasteiger partial charge in [0.1, 0.15) is 17.2 Å². The van der Waals surface area contributed by atoms with E-state index in [1.54, 1.807) is 36.4 Å². The third-order valence-electron chi connectivity index (χ3n) is 4.90. The molecule has 3 rings (SSSR count). The second-order valence-corrected chi connectivity index (χ2v) is 7.49. The number of furan rings is 1. The Kier molecular flexibility index (Phi) is 7.75. The molecule has 0 saturated carbocycles. The average Bonchev–Trinajstić information content (AvgIpc) is 3.27. The van der Waals surface area contributed by atoms with Gasteiger partial charge in [-0.15, -0.1) is 0 Å². The lowest BCUT2D eigenvalue weighted by molar-refractivity contribution is -0.384. The molecule has 3 aromatic rings. The van der Waals surface area contributed by atoms with E-state index in [0.29, 0.717) is 29.2 Å². The van der Waals surface area contributed by atoms with Crippen LogP contribution in [0.5, 0.6) is 0 Å². The Balaban J connectivity index is 1.84. The third kappa shape index (κ3) is 6.39. The normalized spacial score (nSPS) is 11.2. The summed E-state index contributed by atoms with van der Waals surface area (Å²) in [6.07, 6.45) is 3.20. The molecular weight excluding hydrogens is 422 g/mol. The van der Waals surface area contributed by atoms with Gasteiger partial charge in [0, 0.05) is 35.9 Å². The van der Waals surface area contributed by atoms with Gasteiger partial charge in [0.15, 0.2) is 0 Å². The van der Waals surface area contributed by atoms with Crippen molar-refractivity contribution in [1.29, 1.82) is 0 Å². The van der Waals surface area contributed by atoms with Gasteiger partial charge in [-0.2, -0.15) is 0 Å². The highest BCUT2D eigenvalue weighted by molar-refractivity contribution is 6.05. The number of nitrogens with one attached hydrogen (secondary N) is 2. The van der Waals surface area contributed by atoms with Crippen molar-refractivity contribution in [2.45, 2.75) is 26.7 Å². The molecule has 0 aliphatic heterocycles. The summed E-state index contributed by atoms with van der Waals surface area (Å²) in [4.78, 5) is 35.8. The van der Waals surface area contributed by atoms with Crippen LogP contribution in [0, 0.1) is 17.0 Å². The van der Waals surface area contributed by atoms with E-state index in [1.807, 2.05) is 26.0 Å². The summed E-state index contributed by atoms with van der Waals surface area (Å²) in [5.41, 5.74) is 2.14. The first-order chi connectivity index (χ1) is 15.9. The third-order valence-corrected chi connectivity index (χ3v) is 4.90. The molecule has 0 bridgehead atoms. The lowest BCUT2D eigenvalue weighted by atomic mass is 10.1. The summed E-state index contributed by atoms with van der Waals surface area (Å²) >= 11 is 0. The van der Waals surface area contributed by atoms with Gasteiger partial charge in [0.05, 0.1) is 4.92 Å². The van der Waals surface area contributed by atoms with E-state index in [0.717, 1.165) is 18.4 Å².